The van der Waals surface area contributed by atoms with Crippen LogP contribution < -0.4 is 11.2 Å². The van der Waals surface area contributed by atoms with E-state index in [1.54, 1.807) is 7.05 Å². The first-order chi connectivity index (χ1) is 9.07. The van der Waals surface area contributed by atoms with Crippen LogP contribution in [0.5, 0.6) is 0 Å². The number of imidazole rings is 1. The molecule has 1 aliphatic carbocycles. The number of aromatic nitrogens is 4. The van der Waals surface area contributed by atoms with Crippen LogP contribution in [0.25, 0.3) is 11.2 Å². The van der Waals surface area contributed by atoms with Gasteiger partial charge in [0.05, 0.1) is 0 Å². The fraction of sp³-hybridized carbons (Fsp3) is 0.615. The van der Waals surface area contributed by atoms with E-state index in [1.807, 2.05) is 0 Å². The number of H-pyrrole nitrogens is 2. The molecule has 0 saturated heterocycles. The van der Waals surface area contributed by atoms with Crippen LogP contribution in [0.1, 0.15) is 44.9 Å². The molecule has 0 amide bonds. The topological polar surface area (TPSA) is 83.5 Å². The summed E-state index contributed by atoms with van der Waals surface area (Å²) >= 11 is 0. The Morgan fingerprint density at radius 1 is 1.26 bits per heavy atom. The maximum absolute atomic E-state index is 11.8. The van der Waals surface area contributed by atoms with Crippen molar-refractivity contribution in [1.29, 1.82) is 0 Å². The number of aryl methyl sites for hydroxylation is 1. The molecule has 6 heteroatoms. The van der Waals surface area contributed by atoms with Crippen LogP contribution >= 0.6 is 0 Å². The average Bonchev–Trinajstić information content (AvgIpc) is 3.03. The Kier molecular flexibility index (Phi) is 2.62. The van der Waals surface area contributed by atoms with E-state index in [9.17, 15) is 9.59 Å². The lowest BCUT2D eigenvalue weighted by Gasteiger charge is -2.24. The Morgan fingerprint density at radius 3 is 2.58 bits per heavy atom. The van der Waals surface area contributed by atoms with E-state index in [1.165, 1.54) is 17.4 Å². The van der Waals surface area contributed by atoms with Gasteiger partial charge in [0.2, 0.25) is 0 Å². The highest BCUT2D eigenvalue weighted by molar-refractivity contribution is 5.69. The average molecular weight is 262 g/mol. The molecule has 1 saturated carbocycles. The van der Waals surface area contributed by atoms with Crippen LogP contribution in [0.15, 0.2) is 9.59 Å². The number of aromatic amines is 2. The standard InChI is InChI=1S/C13H18N4O2/c1-3-13(6-4-5-7-13)11-14-8-9(15-11)17(2)12(19)16-10(8)18/h3-7H2,1-2H3,(H,14,15)(H,16,18,19). The number of hydrogen-bond donors (Lipinski definition) is 2. The fourth-order valence-corrected chi connectivity index (χ4v) is 3.17. The molecule has 1 fully saturated rings. The van der Waals surface area contributed by atoms with Crippen LogP contribution in [0.4, 0.5) is 0 Å². The molecule has 0 radical (unpaired) electrons. The lowest BCUT2D eigenvalue weighted by Crippen LogP contribution is -2.28. The Labute approximate surface area is 109 Å². The normalized spacial score (nSPS) is 18.2. The first-order valence-electron chi connectivity index (χ1n) is 6.77. The molecule has 0 bridgehead atoms. The van der Waals surface area contributed by atoms with Crippen LogP contribution in [-0.2, 0) is 12.5 Å². The summed E-state index contributed by atoms with van der Waals surface area (Å²) < 4.78 is 1.38. The van der Waals surface area contributed by atoms with E-state index in [4.69, 9.17) is 0 Å². The van der Waals surface area contributed by atoms with E-state index in [-0.39, 0.29) is 11.0 Å². The van der Waals surface area contributed by atoms with Gasteiger partial charge in [-0.3, -0.25) is 14.3 Å². The summed E-state index contributed by atoms with van der Waals surface area (Å²) in [6.45, 7) is 2.15. The summed E-state index contributed by atoms with van der Waals surface area (Å²) in [6, 6.07) is 0. The summed E-state index contributed by atoms with van der Waals surface area (Å²) in [6.07, 6.45) is 5.57. The smallest absolute Gasteiger partial charge is 0.329 e. The van der Waals surface area contributed by atoms with Crippen molar-refractivity contribution >= 4 is 11.2 Å². The Hall–Kier alpha value is -1.85. The highest BCUT2D eigenvalue weighted by Crippen LogP contribution is 2.42. The van der Waals surface area contributed by atoms with Crippen molar-refractivity contribution in [2.45, 2.75) is 44.4 Å². The second-order valence-corrected chi connectivity index (χ2v) is 5.44. The summed E-state index contributed by atoms with van der Waals surface area (Å²) in [7, 11) is 1.62. The summed E-state index contributed by atoms with van der Waals surface area (Å²) in [5.41, 5.74) is 0.0792. The van der Waals surface area contributed by atoms with Crippen molar-refractivity contribution < 1.29 is 0 Å². The molecular weight excluding hydrogens is 244 g/mol. The van der Waals surface area contributed by atoms with Crippen molar-refractivity contribution in [3.8, 4) is 0 Å². The third-order valence-electron chi connectivity index (χ3n) is 4.49. The molecule has 0 atom stereocenters. The lowest BCUT2D eigenvalue weighted by atomic mass is 9.83. The minimum atomic E-state index is -0.424. The Morgan fingerprint density at radius 2 is 1.95 bits per heavy atom. The zero-order valence-electron chi connectivity index (χ0n) is 11.2. The van der Waals surface area contributed by atoms with E-state index in [0.717, 1.165) is 25.1 Å². The van der Waals surface area contributed by atoms with Crippen molar-refractivity contribution in [1.82, 2.24) is 19.5 Å². The van der Waals surface area contributed by atoms with Gasteiger partial charge in [-0.15, -0.1) is 0 Å². The van der Waals surface area contributed by atoms with Gasteiger partial charge in [-0.05, 0) is 19.3 Å². The second kappa shape index (κ2) is 4.08. The predicted molar refractivity (Wildman–Crippen MR) is 72.4 cm³/mol. The van der Waals surface area contributed by atoms with E-state index in [2.05, 4.69) is 21.9 Å². The van der Waals surface area contributed by atoms with Gasteiger partial charge in [-0.1, -0.05) is 19.8 Å². The SMILES string of the molecule is CCC1(c2nc3c([nH]2)c(=O)[nH]c(=O)n3C)CCCC1. The molecule has 6 nitrogen and oxygen atoms in total. The molecular formula is C13H18N4O2. The minimum Gasteiger partial charge on any atom is -0.336 e. The Bertz CT molecular complexity index is 731. The third-order valence-corrected chi connectivity index (χ3v) is 4.49. The van der Waals surface area contributed by atoms with Gasteiger partial charge < -0.3 is 4.98 Å². The van der Waals surface area contributed by atoms with Crippen LogP contribution in [0.3, 0.4) is 0 Å². The molecule has 0 aliphatic heterocycles. The maximum atomic E-state index is 11.8. The van der Waals surface area contributed by atoms with Gasteiger partial charge >= 0.3 is 5.69 Å². The fourth-order valence-electron chi connectivity index (χ4n) is 3.17. The number of nitrogens with zero attached hydrogens (tertiary/aromatic N) is 2. The van der Waals surface area contributed by atoms with Crippen molar-refractivity contribution in [2.24, 2.45) is 7.05 Å². The lowest BCUT2D eigenvalue weighted by molar-refractivity contribution is 0.403. The number of fused-ring (bicyclic) bond motifs is 1. The van der Waals surface area contributed by atoms with E-state index in [0.29, 0.717) is 11.2 Å². The molecule has 2 heterocycles. The van der Waals surface area contributed by atoms with Gasteiger partial charge in [0.1, 0.15) is 11.3 Å². The highest BCUT2D eigenvalue weighted by atomic mass is 16.2. The van der Waals surface area contributed by atoms with Crippen molar-refractivity contribution in [3.05, 3.63) is 26.7 Å². The maximum Gasteiger partial charge on any atom is 0.329 e. The molecule has 0 aromatic carbocycles. The molecule has 0 unspecified atom stereocenters. The van der Waals surface area contributed by atoms with E-state index < -0.39 is 5.69 Å². The third kappa shape index (κ3) is 1.66. The van der Waals surface area contributed by atoms with Gasteiger partial charge in [-0.2, -0.15) is 0 Å². The highest BCUT2D eigenvalue weighted by Gasteiger charge is 2.37. The van der Waals surface area contributed by atoms with E-state index >= 15 is 0 Å². The quantitative estimate of drug-likeness (QED) is 0.852. The first-order valence-corrected chi connectivity index (χ1v) is 6.77. The second-order valence-electron chi connectivity index (χ2n) is 5.44. The first kappa shape index (κ1) is 12.2. The molecule has 1 aliphatic rings. The largest absolute Gasteiger partial charge is 0.336 e. The molecule has 19 heavy (non-hydrogen) atoms. The van der Waals surface area contributed by atoms with Crippen LogP contribution in [0.2, 0.25) is 0 Å². The zero-order chi connectivity index (χ0) is 13.6. The van der Waals surface area contributed by atoms with Crippen LogP contribution in [0, 0.1) is 0 Å². The minimum absolute atomic E-state index is 0.0432. The van der Waals surface area contributed by atoms with Crippen molar-refractivity contribution in [2.75, 3.05) is 0 Å². The number of nitrogens with one attached hydrogen (secondary N) is 2. The predicted octanol–water partition coefficient (Wildman–Crippen LogP) is 1.17. The van der Waals surface area contributed by atoms with Crippen molar-refractivity contribution in [3.63, 3.8) is 0 Å². The van der Waals surface area contributed by atoms with Gasteiger partial charge in [0.15, 0.2) is 5.65 Å². The number of rotatable bonds is 2. The molecule has 2 N–H and O–H groups in total. The summed E-state index contributed by atoms with van der Waals surface area (Å²) in [5, 5.41) is 0. The molecule has 0 spiro atoms. The summed E-state index contributed by atoms with van der Waals surface area (Å²) in [4.78, 5) is 33.4. The monoisotopic (exact) mass is 262 g/mol. The van der Waals surface area contributed by atoms with Gasteiger partial charge in [0, 0.05) is 12.5 Å². The molecule has 3 rings (SSSR count). The molecule has 102 valence electrons. The summed E-state index contributed by atoms with van der Waals surface area (Å²) in [5.74, 6) is 0.856. The Balaban J connectivity index is 2.28. The molecule has 2 aromatic heterocycles. The van der Waals surface area contributed by atoms with Gasteiger partial charge in [0.25, 0.3) is 5.56 Å². The van der Waals surface area contributed by atoms with Gasteiger partial charge in [-0.25, -0.2) is 9.78 Å². The number of hydrogen-bond acceptors (Lipinski definition) is 3. The van der Waals surface area contributed by atoms with Crippen LogP contribution in [-0.4, -0.2) is 19.5 Å². The molecule has 2 aromatic rings. The zero-order valence-corrected chi connectivity index (χ0v) is 11.2.